The number of thiophene rings is 1. The highest BCUT2D eigenvalue weighted by Gasteiger charge is 2.27. The molecule has 0 aliphatic heterocycles. The summed E-state index contributed by atoms with van der Waals surface area (Å²) in [5, 5.41) is 8.80. The number of carboxylic acids is 1. The average molecular weight is 342 g/mol. The van der Waals surface area contributed by atoms with Crippen LogP contribution < -0.4 is 4.72 Å². The van der Waals surface area contributed by atoms with Gasteiger partial charge in [0.2, 0.25) is 10.0 Å². The predicted octanol–water partition coefficient (Wildman–Crippen LogP) is 2.29. The van der Waals surface area contributed by atoms with E-state index in [2.05, 4.69) is 20.7 Å². The van der Waals surface area contributed by atoms with Crippen LogP contribution in [0.15, 0.2) is 14.7 Å². The Labute approximate surface area is 112 Å². The molecule has 5 nitrogen and oxygen atoms in total. The summed E-state index contributed by atoms with van der Waals surface area (Å²) in [6, 6.07) is 1.14. The monoisotopic (exact) mass is 341 g/mol. The molecule has 1 aromatic rings. The average Bonchev–Trinajstić information content (AvgIpc) is 2.43. The van der Waals surface area contributed by atoms with E-state index in [1.54, 1.807) is 20.8 Å². The Hall–Kier alpha value is -0.440. The maximum Gasteiger partial charge on any atom is 0.345 e. The lowest BCUT2D eigenvalue weighted by Gasteiger charge is -2.19. The van der Waals surface area contributed by atoms with Crippen LogP contribution in [-0.2, 0) is 10.0 Å². The van der Waals surface area contributed by atoms with E-state index in [-0.39, 0.29) is 13.6 Å². The van der Waals surface area contributed by atoms with Crippen molar-refractivity contribution in [2.24, 2.45) is 0 Å². The summed E-state index contributed by atoms with van der Waals surface area (Å²) in [6.45, 7) is 5.13. The first kappa shape index (κ1) is 14.6. The molecule has 96 valence electrons. The molecule has 1 heterocycles. The van der Waals surface area contributed by atoms with Crippen LogP contribution in [0.3, 0.4) is 0 Å². The van der Waals surface area contributed by atoms with Crippen LogP contribution in [0.1, 0.15) is 30.4 Å². The van der Waals surface area contributed by atoms with Crippen molar-refractivity contribution >= 4 is 43.3 Å². The van der Waals surface area contributed by atoms with Crippen molar-refractivity contribution < 1.29 is 18.3 Å². The molecule has 0 amide bonds. The Kier molecular flexibility index (Phi) is 4.02. The number of hydrogen-bond acceptors (Lipinski definition) is 4. The van der Waals surface area contributed by atoms with Gasteiger partial charge in [0.15, 0.2) is 0 Å². The molecule has 0 saturated heterocycles. The summed E-state index contributed by atoms with van der Waals surface area (Å²) in [5.41, 5.74) is -0.621. The third-order valence-corrected chi connectivity index (χ3v) is 5.59. The first-order chi connectivity index (χ1) is 7.53. The second kappa shape index (κ2) is 4.68. The zero-order valence-electron chi connectivity index (χ0n) is 9.44. The van der Waals surface area contributed by atoms with E-state index in [0.717, 1.165) is 17.4 Å². The fourth-order valence-electron chi connectivity index (χ4n) is 1.10. The minimum atomic E-state index is -3.71. The molecule has 0 spiro atoms. The smallest absolute Gasteiger partial charge is 0.345 e. The minimum absolute atomic E-state index is 0.0221. The van der Waals surface area contributed by atoms with Crippen LogP contribution in [-0.4, -0.2) is 25.0 Å². The molecule has 0 bridgehead atoms. The molecule has 0 unspecified atom stereocenters. The van der Waals surface area contributed by atoms with Crippen LogP contribution in [0.5, 0.6) is 0 Å². The van der Waals surface area contributed by atoms with E-state index >= 15 is 0 Å². The third kappa shape index (κ3) is 3.77. The summed E-state index contributed by atoms with van der Waals surface area (Å²) in [7, 11) is -3.71. The quantitative estimate of drug-likeness (QED) is 0.883. The van der Waals surface area contributed by atoms with Crippen molar-refractivity contribution in [3.05, 3.63) is 14.7 Å². The van der Waals surface area contributed by atoms with Gasteiger partial charge in [0, 0.05) is 5.54 Å². The van der Waals surface area contributed by atoms with Crippen molar-refractivity contribution in [1.29, 1.82) is 0 Å². The van der Waals surface area contributed by atoms with E-state index in [1.807, 2.05) is 0 Å². The Morgan fingerprint density at radius 2 is 2.00 bits per heavy atom. The summed E-state index contributed by atoms with van der Waals surface area (Å²) in [5.74, 6) is -1.15. The molecule has 0 atom stereocenters. The van der Waals surface area contributed by atoms with Gasteiger partial charge < -0.3 is 5.11 Å². The van der Waals surface area contributed by atoms with Gasteiger partial charge in [-0.1, -0.05) is 0 Å². The van der Waals surface area contributed by atoms with Gasteiger partial charge in [-0.05, 0) is 42.8 Å². The maximum absolute atomic E-state index is 12.0. The van der Waals surface area contributed by atoms with Gasteiger partial charge in [0.1, 0.15) is 9.77 Å². The van der Waals surface area contributed by atoms with Crippen LogP contribution in [0.4, 0.5) is 0 Å². The topological polar surface area (TPSA) is 83.5 Å². The number of rotatable bonds is 3. The summed E-state index contributed by atoms with van der Waals surface area (Å²) in [4.78, 5) is 10.7. The summed E-state index contributed by atoms with van der Waals surface area (Å²) < 4.78 is 26.7. The van der Waals surface area contributed by atoms with Gasteiger partial charge in [0.05, 0.1) is 3.79 Å². The zero-order chi connectivity index (χ0) is 13.4. The van der Waals surface area contributed by atoms with Crippen molar-refractivity contribution in [3.8, 4) is 0 Å². The first-order valence-corrected chi connectivity index (χ1v) is 7.69. The SMILES string of the molecule is CC(C)(C)NS(=O)(=O)c1cc(C(=O)O)sc1Br. The molecule has 2 N–H and O–H groups in total. The molecule has 1 rings (SSSR count). The van der Waals surface area contributed by atoms with Crippen molar-refractivity contribution in [3.63, 3.8) is 0 Å². The lowest BCUT2D eigenvalue weighted by molar-refractivity contribution is 0.0702. The number of aromatic carboxylic acids is 1. The molecular formula is C9H12BrNO4S2. The van der Waals surface area contributed by atoms with Gasteiger partial charge in [-0.3, -0.25) is 0 Å². The fraction of sp³-hybridized carbons (Fsp3) is 0.444. The number of hydrogen-bond donors (Lipinski definition) is 2. The fourth-order valence-corrected chi connectivity index (χ4v) is 4.92. The standard InChI is InChI=1S/C9H12BrNO4S2/c1-9(2,3)11-17(14,15)6-4-5(8(12)13)16-7(6)10/h4,11H,1-3H3,(H,12,13). The highest BCUT2D eigenvalue weighted by atomic mass is 79.9. The Bertz CT molecular complexity index is 542. The molecule has 0 aliphatic carbocycles. The molecule has 0 radical (unpaired) electrons. The van der Waals surface area contributed by atoms with Gasteiger partial charge in [-0.2, -0.15) is 0 Å². The lowest BCUT2D eigenvalue weighted by Crippen LogP contribution is -2.40. The highest BCUT2D eigenvalue weighted by molar-refractivity contribution is 9.11. The van der Waals surface area contributed by atoms with E-state index in [9.17, 15) is 13.2 Å². The molecule has 8 heteroatoms. The van der Waals surface area contributed by atoms with Gasteiger partial charge in [0.25, 0.3) is 0 Å². The second-order valence-electron chi connectivity index (χ2n) is 4.41. The molecule has 0 aliphatic rings. The number of carboxylic acid groups (broad SMARTS) is 1. The molecule has 0 saturated carbocycles. The number of nitrogens with one attached hydrogen (secondary N) is 1. The summed E-state index contributed by atoms with van der Waals surface area (Å²) >= 11 is 3.94. The van der Waals surface area contributed by atoms with Crippen LogP contribution in [0.2, 0.25) is 0 Å². The largest absolute Gasteiger partial charge is 0.477 e. The van der Waals surface area contributed by atoms with Crippen LogP contribution in [0.25, 0.3) is 0 Å². The second-order valence-corrected chi connectivity index (χ2v) is 8.43. The van der Waals surface area contributed by atoms with E-state index < -0.39 is 21.5 Å². The van der Waals surface area contributed by atoms with Gasteiger partial charge >= 0.3 is 5.97 Å². The Balaban J connectivity index is 3.21. The minimum Gasteiger partial charge on any atom is -0.477 e. The number of sulfonamides is 1. The zero-order valence-corrected chi connectivity index (χ0v) is 12.7. The molecule has 17 heavy (non-hydrogen) atoms. The molecule has 0 aromatic carbocycles. The van der Waals surface area contributed by atoms with E-state index in [4.69, 9.17) is 5.11 Å². The first-order valence-electron chi connectivity index (χ1n) is 4.59. The predicted molar refractivity (Wildman–Crippen MR) is 69.1 cm³/mol. The van der Waals surface area contributed by atoms with E-state index in [0.29, 0.717) is 0 Å². The lowest BCUT2D eigenvalue weighted by atomic mass is 10.1. The van der Waals surface area contributed by atoms with Crippen molar-refractivity contribution in [1.82, 2.24) is 4.72 Å². The Morgan fingerprint density at radius 3 is 2.35 bits per heavy atom. The molecule has 1 aromatic heterocycles. The molecule has 0 fully saturated rings. The number of carbonyl (C=O) groups is 1. The Morgan fingerprint density at radius 1 is 1.47 bits per heavy atom. The molecular weight excluding hydrogens is 330 g/mol. The maximum atomic E-state index is 12.0. The third-order valence-electron chi connectivity index (χ3n) is 1.60. The van der Waals surface area contributed by atoms with E-state index in [1.165, 1.54) is 0 Å². The van der Waals surface area contributed by atoms with Gasteiger partial charge in [-0.15, -0.1) is 11.3 Å². The normalized spacial score (nSPS) is 12.7. The number of halogens is 1. The van der Waals surface area contributed by atoms with Gasteiger partial charge in [-0.25, -0.2) is 17.9 Å². The summed E-state index contributed by atoms with van der Waals surface area (Å²) in [6.07, 6.45) is 0. The van der Waals surface area contributed by atoms with Crippen molar-refractivity contribution in [2.45, 2.75) is 31.2 Å². The van der Waals surface area contributed by atoms with Crippen molar-refractivity contribution in [2.75, 3.05) is 0 Å². The van der Waals surface area contributed by atoms with Crippen LogP contribution >= 0.6 is 27.3 Å². The highest BCUT2D eigenvalue weighted by Crippen LogP contribution is 2.32. The van der Waals surface area contributed by atoms with Crippen LogP contribution in [0, 0.1) is 0 Å².